The Morgan fingerprint density at radius 1 is 0.968 bits per heavy atom. The van der Waals surface area contributed by atoms with Crippen molar-refractivity contribution in [1.82, 2.24) is 0 Å². The van der Waals surface area contributed by atoms with Gasteiger partial charge in [-0.3, -0.25) is 0 Å². The summed E-state index contributed by atoms with van der Waals surface area (Å²) in [7, 11) is 0. The molecule has 0 radical (unpaired) electrons. The number of ether oxygens (including phenoxy) is 1. The van der Waals surface area contributed by atoms with Crippen LogP contribution in [0, 0.1) is 48.0 Å². The third kappa shape index (κ3) is 5.50. The lowest BCUT2D eigenvalue weighted by Gasteiger charge is -2.26. The molecule has 1 aliphatic carbocycles. The third-order valence-corrected chi connectivity index (χ3v) is 5.74. The highest BCUT2D eigenvalue weighted by molar-refractivity contribution is 5.39. The molecule has 1 nitrogen and oxygen atoms in total. The quantitative estimate of drug-likeness (QED) is 0.203. The summed E-state index contributed by atoms with van der Waals surface area (Å²) < 4.78 is 62.0. The van der Waals surface area contributed by atoms with Crippen LogP contribution in [-0.2, 0) is 0 Å². The van der Waals surface area contributed by atoms with E-state index in [0.29, 0.717) is 44.3 Å². The van der Waals surface area contributed by atoms with E-state index in [1.165, 1.54) is 25.1 Å². The Labute approximate surface area is 181 Å². The van der Waals surface area contributed by atoms with Crippen molar-refractivity contribution in [3.63, 3.8) is 0 Å². The van der Waals surface area contributed by atoms with Gasteiger partial charge in [0, 0.05) is 5.92 Å². The Morgan fingerprint density at radius 2 is 1.71 bits per heavy atom. The Kier molecular flexibility index (Phi) is 7.79. The molecule has 2 aromatic carbocycles. The van der Waals surface area contributed by atoms with Crippen molar-refractivity contribution in [2.75, 3.05) is 6.61 Å². The smallest absolute Gasteiger partial charge is 0.200 e. The molecule has 0 atom stereocenters. The first-order valence-electron chi connectivity index (χ1n) is 10.6. The average molecular weight is 430 g/mol. The molecule has 0 unspecified atom stereocenters. The second kappa shape index (κ2) is 10.5. The molecular formula is C26H26F4O. The number of benzene rings is 2. The largest absolute Gasteiger partial charge is 0.490 e. The Hall–Kier alpha value is -2.74. The summed E-state index contributed by atoms with van der Waals surface area (Å²) in [5.74, 6) is 1.99. The molecule has 0 aliphatic heterocycles. The maximum atomic E-state index is 14.6. The van der Waals surface area contributed by atoms with E-state index in [-0.39, 0.29) is 28.7 Å². The van der Waals surface area contributed by atoms with E-state index in [1.54, 1.807) is 12.1 Å². The lowest BCUT2D eigenvalue weighted by molar-refractivity contribution is 0.288. The number of halogens is 4. The van der Waals surface area contributed by atoms with Gasteiger partial charge in [0.15, 0.2) is 23.2 Å². The minimum Gasteiger partial charge on any atom is -0.490 e. The van der Waals surface area contributed by atoms with Crippen LogP contribution in [0.1, 0.15) is 61.1 Å². The van der Waals surface area contributed by atoms with Crippen LogP contribution in [-0.4, -0.2) is 6.61 Å². The van der Waals surface area contributed by atoms with E-state index >= 15 is 0 Å². The van der Waals surface area contributed by atoms with Gasteiger partial charge in [0.05, 0.1) is 12.2 Å². The van der Waals surface area contributed by atoms with Gasteiger partial charge in [-0.1, -0.05) is 30.0 Å². The van der Waals surface area contributed by atoms with Gasteiger partial charge in [0.2, 0.25) is 5.82 Å². The van der Waals surface area contributed by atoms with Crippen molar-refractivity contribution < 1.29 is 22.3 Å². The fourth-order valence-electron chi connectivity index (χ4n) is 3.85. The molecule has 0 spiro atoms. The van der Waals surface area contributed by atoms with Crippen LogP contribution < -0.4 is 4.74 Å². The van der Waals surface area contributed by atoms with Gasteiger partial charge in [0.25, 0.3) is 0 Å². The zero-order chi connectivity index (χ0) is 22.4. The van der Waals surface area contributed by atoms with Gasteiger partial charge in [-0.25, -0.2) is 13.2 Å². The molecule has 3 rings (SSSR count). The number of aryl methyl sites for hydroxylation is 1. The lowest BCUT2D eigenvalue weighted by Crippen LogP contribution is -2.14. The standard InChI is InChI=1S/C26H26F4O/c1-3-4-5-16-31-22-15-14-21(25(29)26(22)30)19-11-7-18(8-12-19)9-13-20-10-6-17(2)23(27)24(20)28/h3,6,10,14-15,18-19H,1,4-5,7-8,11-12,16H2,2H3. The van der Waals surface area contributed by atoms with E-state index in [4.69, 9.17) is 4.74 Å². The van der Waals surface area contributed by atoms with E-state index in [0.717, 1.165) is 6.42 Å². The minimum absolute atomic E-state index is 0.0142. The fraction of sp³-hybridized carbons (Fsp3) is 0.385. The van der Waals surface area contributed by atoms with Crippen LogP contribution in [0.5, 0.6) is 5.75 Å². The molecule has 0 saturated heterocycles. The first kappa shape index (κ1) is 22.9. The third-order valence-electron chi connectivity index (χ3n) is 5.74. The molecule has 0 bridgehead atoms. The number of unbranched alkanes of at least 4 members (excludes halogenated alkanes) is 1. The van der Waals surface area contributed by atoms with Gasteiger partial charge >= 0.3 is 0 Å². The van der Waals surface area contributed by atoms with Crippen molar-refractivity contribution >= 4 is 0 Å². The predicted octanol–water partition coefficient (Wildman–Crippen LogP) is 7.22. The molecule has 31 heavy (non-hydrogen) atoms. The fourth-order valence-corrected chi connectivity index (χ4v) is 3.85. The molecule has 1 aliphatic rings. The maximum absolute atomic E-state index is 14.6. The van der Waals surface area contributed by atoms with Gasteiger partial charge in [-0.15, -0.1) is 6.58 Å². The van der Waals surface area contributed by atoms with Crippen LogP contribution in [0.15, 0.2) is 36.9 Å². The van der Waals surface area contributed by atoms with Gasteiger partial charge in [-0.2, -0.15) is 4.39 Å². The van der Waals surface area contributed by atoms with Crippen LogP contribution in [0.2, 0.25) is 0 Å². The highest BCUT2D eigenvalue weighted by Gasteiger charge is 2.26. The first-order valence-corrected chi connectivity index (χ1v) is 10.6. The van der Waals surface area contributed by atoms with Crippen LogP contribution in [0.3, 0.4) is 0 Å². The predicted molar refractivity (Wildman–Crippen MR) is 114 cm³/mol. The van der Waals surface area contributed by atoms with Gasteiger partial charge in [0.1, 0.15) is 0 Å². The van der Waals surface area contributed by atoms with E-state index in [9.17, 15) is 17.6 Å². The zero-order valence-corrected chi connectivity index (χ0v) is 17.6. The minimum atomic E-state index is -0.949. The van der Waals surface area contributed by atoms with Crippen molar-refractivity contribution in [2.45, 2.75) is 51.4 Å². The molecule has 0 heterocycles. The molecule has 164 valence electrons. The van der Waals surface area contributed by atoms with Gasteiger partial charge < -0.3 is 4.74 Å². The molecule has 2 aromatic rings. The number of hydrogen-bond donors (Lipinski definition) is 0. The van der Waals surface area contributed by atoms with Crippen LogP contribution in [0.4, 0.5) is 17.6 Å². The maximum Gasteiger partial charge on any atom is 0.200 e. The van der Waals surface area contributed by atoms with E-state index in [2.05, 4.69) is 18.4 Å². The van der Waals surface area contributed by atoms with Gasteiger partial charge in [-0.05, 0) is 74.6 Å². The first-order chi connectivity index (χ1) is 14.9. The molecular weight excluding hydrogens is 404 g/mol. The summed E-state index contributed by atoms with van der Waals surface area (Å²) in [6.07, 6.45) is 5.87. The summed E-state index contributed by atoms with van der Waals surface area (Å²) in [4.78, 5) is 0. The van der Waals surface area contributed by atoms with Crippen molar-refractivity contribution in [2.24, 2.45) is 5.92 Å². The molecule has 1 saturated carbocycles. The zero-order valence-electron chi connectivity index (χ0n) is 17.6. The highest BCUT2D eigenvalue weighted by Crippen LogP contribution is 2.38. The number of allylic oxidation sites excluding steroid dienone is 1. The second-order valence-corrected chi connectivity index (χ2v) is 7.94. The summed E-state index contributed by atoms with van der Waals surface area (Å²) in [5, 5.41) is 0. The molecule has 0 aromatic heterocycles. The second-order valence-electron chi connectivity index (χ2n) is 7.94. The Balaban J connectivity index is 1.62. The van der Waals surface area contributed by atoms with Crippen LogP contribution in [0.25, 0.3) is 0 Å². The topological polar surface area (TPSA) is 9.23 Å². The Morgan fingerprint density at radius 3 is 2.42 bits per heavy atom. The summed E-state index contributed by atoms with van der Waals surface area (Å²) in [5.41, 5.74) is 0.641. The molecule has 0 N–H and O–H groups in total. The van der Waals surface area contributed by atoms with Crippen molar-refractivity contribution in [3.8, 4) is 17.6 Å². The highest BCUT2D eigenvalue weighted by atomic mass is 19.2. The number of hydrogen-bond acceptors (Lipinski definition) is 1. The molecule has 0 amide bonds. The van der Waals surface area contributed by atoms with Crippen LogP contribution >= 0.6 is 0 Å². The van der Waals surface area contributed by atoms with E-state index in [1.807, 2.05) is 0 Å². The average Bonchev–Trinajstić information content (AvgIpc) is 2.78. The van der Waals surface area contributed by atoms with Crippen molar-refractivity contribution in [3.05, 3.63) is 76.9 Å². The summed E-state index contributed by atoms with van der Waals surface area (Å²) in [6, 6.07) is 6.07. The lowest BCUT2D eigenvalue weighted by atomic mass is 9.78. The van der Waals surface area contributed by atoms with Crippen molar-refractivity contribution in [1.29, 1.82) is 0 Å². The summed E-state index contributed by atoms with van der Waals surface area (Å²) >= 11 is 0. The SMILES string of the molecule is C=CCCCOc1ccc(C2CCC(C#Cc3ccc(C)c(F)c3F)CC2)c(F)c1F. The van der Waals surface area contributed by atoms with E-state index < -0.39 is 23.3 Å². The monoisotopic (exact) mass is 430 g/mol. The normalized spacial score (nSPS) is 18.2. The summed E-state index contributed by atoms with van der Waals surface area (Å²) in [6.45, 7) is 5.42. The number of rotatable bonds is 6. The molecule has 5 heteroatoms. The molecule has 1 fully saturated rings. The Bertz CT molecular complexity index is 995.